The normalized spacial score (nSPS) is 10.3. The molecule has 0 fully saturated rings. The third kappa shape index (κ3) is 3.17. The first-order valence-electron chi connectivity index (χ1n) is 5.79. The number of carbonyl (C=O) groups excluding carboxylic acids is 1. The SMILES string of the molecule is Cc1ccccc1N(C)C(=O)c1cc(Cl)cc(Br)c1. The smallest absolute Gasteiger partial charge is 0.258 e. The number of hydrogen-bond donors (Lipinski definition) is 0. The number of halogens is 2. The summed E-state index contributed by atoms with van der Waals surface area (Å²) in [5.74, 6) is -0.0856. The lowest BCUT2D eigenvalue weighted by molar-refractivity contribution is 0.0993. The number of benzene rings is 2. The van der Waals surface area contributed by atoms with Gasteiger partial charge in [-0.1, -0.05) is 45.7 Å². The molecule has 0 heterocycles. The predicted molar refractivity (Wildman–Crippen MR) is 83.1 cm³/mol. The zero-order valence-electron chi connectivity index (χ0n) is 10.7. The first kappa shape index (κ1) is 14.1. The zero-order valence-corrected chi connectivity index (χ0v) is 13.0. The van der Waals surface area contributed by atoms with E-state index in [1.54, 1.807) is 30.1 Å². The predicted octanol–water partition coefficient (Wildman–Crippen LogP) is 4.69. The van der Waals surface area contributed by atoms with Gasteiger partial charge in [-0.15, -0.1) is 0 Å². The summed E-state index contributed by atoms with van der Waals surface area (Å²) in [5.41, 5.74) is 2.51. The van der Waals surface area contributed by atoms with Crippen molar-refractivity contribution in [1.82, 2.24) is 0 Å². The summed E-state index contributed by atoms with van der Waals surface area (Å²) in [6, 6.07) is 13.0. The van der Waals surface area contributed by atoms with Crippen molar-refractivity contribution in [1.29, 1.82) is 0 Å². The Morgan fingerprint density at radius 3 is 2.53 bits per heavy atom. The van der Waals surface area contributed by atoms with Crippen molar-refractivity contribution in [3.8, 4) is 0 Å². The van der Waals surface area contributed by atoms with Gasteiger partial charge in [0.05, 0.1) is 0 Å². The second kappa shape index (κ2) is 5.76. The van der Waals surface area contributed by atoms with Crippen LogP contribution >= 0.6 is 27.5 Å². The number of para-hydroxylation sites is 1. The molecule has 0 spiro atoms. The second-order valence-electron chi connectivity index (χ2n) is 4.31. The van der Waals surface area contributed by atoms with Crippen LogP contribution in [0.2, 0.25) is 5.02 Å². The third-order valence-corrected chi connectivity index (χ3v) is 3.57. The van der Waals surface area contributed by atoms with Crippen molar-refractivity contribution in [2.75, 3.05) is 11.9 Å². The van der Waals surface area contributed by atoms with Gasteiger partial charge >= 0.3 is 0 Å². The van der Waals surface area contributed by atoms with Gasteiger partial charge in [0.15, 0.2) is 0 Å². The lowest BCUT2D eigenvalue weighted by atomic mass is 10.1. The maximum absolute atomic E-state index is 12.4. The van der Waals surface area contributed by atoms with Crippen molar-refractivity contribution in [3.63, 3.8) is 0 Å². The van der Waals surface area contributed by atoms with Crippen molar-refractivity contribution >= 4 is 39.1 Å². The van der Waals surface area contributed by atoms with Gasteiger partial charge in [0, 0.05) is 27.8 Å². The molecule has 0 aliphatic heterocycles. The van der Waals surface area contributed by atoms with Crippen LogP contribution in [-0.2, 0) is 0 Å². The molecule has 1 amide bonds. The lowest BCUT2D eigenvalue weighted by Crippen LogP contribution is -2.26. The average molecular weight is 339 g/mol. The minimum absolute atomic E-state index is 0.0856. The molecule has 2 nitrogen and oxygen atoms in total. The molecule has 98 valence electrons. The summed E-state index contributed by atoms with van der Waals surface area (Å²) < 4.78 is 0.793. The van der Waals surface area contributed by atoms with Crippen LogP contribution in [0.15, 0.2) is 46.9 Å². The molecule has 2 rings (SSSR count). The monoisotopic (exact) mass is 337 g/mol. The van der Waals surface area contributed by atoms with Gasteiger partial charge in [-0.25, -0.2) is 0 Å². The van der Waals surface area contributed by atoms with Crippen molar-refractivity contribution in [2.45, 2.75) is 6.92 Å². The van der Waals surface area contributed by atoms with E-state index in [9.17, 15) is 4.79 Å². The molecule has 0 bridgehead atoms. The Hall–Kier alpha value is -1.32. The van der Waals surface area contributed by atoms with Gasteiger partial charge in [-0.3, -0.25) is 4.79 Å². The maximum Gasteiger partial charge on any atom is 0.258 e. The fraction of sp³-hybridized carbons (Fsp3) is 0.133. The van der Waals surface area contributed by atoms with E-state index in [1.807, 2.05) is 31.2 Å². The van der Waals surface area contributed by atoms with Crippen LogP contribution < -0.4 is 4.90 Å². The van der Waals surface area contributed by atoms with Crippen LogP contribution in [0, 0.1) is 6.92 Å². The summed E-state index contributed by atoms with van der Waals surface area (Å²) in [5, 5.41) is 0.538. The number of rotatable bonds is 2. The fourth-order valence-electron chi connectivity index (χ4n) is 1.92. The quantitative estimate of drug-likeness (QED) is 0.778. The Morgan fingerprint density at radius 2 is 1.89 bits per heavy atom. The fourth-order valence-corrected chi connectivity index (χ4v) is 2.78. The highest BCUT2D eigenvalue weighted by molar-refractivity contribution is 9.10. The van der Waals surface area contributed by atoms with Gasteiger partial charge < -0.3 is 4.90 Å². The van der Waals surface area contributed by atoms with Crippen LogP contribution in [0.3, 0.4) is 0 Å². The number of carbonyl (C=O) groups is 1. The van der Waals surface area contributed by atoms with Gasteiger partial charge in [-0.05, 0) is 36.8 Å². The Bertz CT molecular complexity index is 607. The van der Waals surface area contributed by atoms with Gasteiger partial charge in [0.25, 0.3) is 5.91 Å². The van der Waals surface area contributed by atoms with E-state index >= 15 is 0 Å². The Kier molecular flexibility index (Phi) is 4.27. The molecule has 0 atom stereocenters. The highest BCUT2D eigenvalue weighted by Gasteiger charge is 2.15. The summed E-state index contributed by atoms with van der Waals surface area (Å²) in [6.07, 6.45) is 0. The molecule has 2 aromatic carbocycles. The molecule has 0 aliphatic rings. The number of aryl methyl sites for hydroxylation is 1. The minimum Gasteiger partial charge on any atom is -0.311 e. The first-order valence-corrected chi connectivity index (χ1v) is 6.96. The van der Waals surface area contributed by atoms with Crippen LogP contribution in [0.1, 0.15) is 15.9 Å². The largest absolute Gasteiger partial charge is 0.311 e. The van der Waals surface area contributed by atoms with Gasteiger partial charge in [0.2, 0.25) is 0 Å². The summed E-state index contributed by atoms with van der Waals surface area (Å²) in [4.78, 5) is 14.1. The maximum atomic E-state index is 12.4. The van der Waals surface area contributed by atoms with Gasteiger partial charge in [0.1, 0.15) is 0 Å². The number of anilines is 1. The summed E-state index contributed by atoms with van der Waals surface area (Å²) in [7, 11) is 1.76. The third-order valence-electron chi connectivity index (χ3n) is 2.89. The molecule has 4 heteroatoms. The highest BCUT2D eigenvalue weighted by Crippen LogP contribution is 2.24. The molecule has 19 heavy (non-hydrogen) atoms. The van der Waals surface area contributed by atoms with Crippen molar-refractivity contribution in [3.05, 3.63) is 63.1 Å². The van der Waals surface area contributed by atoms with E-state index in [0.29, 0.717) is 10.6 Å². The van der Waals surface area contributed by atoms with E-state index in [2.05, 4.69) is 15.9 Å². The standard InChI is InChI=1S/C15H13BrClNO/c1-10-5-3-4-6-14(10)18(2)15(19)11-7-12(16)9-13(17)8-11/h3-9H,1-2H3. The highest BCUT2D eigenvalue weighted by atomic mass is 79.9. The molecule has 2 aromatic rings. The molecular weight excluding hydrogens is 326 g/mol. The van der Waals surface area contributed by atoms with Crippen molar-refractivity contribution in [2.24, 2.45) is 0 Å². The van der Waals surface area contributed by atoms with Gasteiger partial charge in [-0.2, -0.15) is 0 Å². The number of amides is 1. The number of nitrogens with zero attached hydrogens (tertiary/aromatic N) is 1. The van der Waals surface area contributed by atoms with Crippen LogP contribution in [0.5, 0.6) is 0 Å². The van der Waals surface area contributed by atoms with Crippen LogP contribution in [-0.4, -0.2) is 13.0 Å². The van der Waals surface area contributed by atoms with E-state index in [0.717, 1.165) is 15.7 Å². The summed E-state index contributed by atoms with van der Waals surface area (Å²) >= 11 is 9.32. The molecule has 0 N–H and O–H groups in total. The Labute approximate surface area is 126 Å². The van der Waals surface area contributed by atoms with E-state index in [4.69, 9.17) is 11.6 Å². The molecule has 0 aromatic heterocycles. The molecule has 0 saturated carbocycles. The van der Waals surface area contributed by atoms with Crippen molar-refractivity contribution < 1.29 is 4.79 Å². The minimum atomic E-state index is -0.0856. The zero-order chi connectivity index (χ0) is 14.0. The van der Waals surface area contributed by atoms with E-state index < -0.39 is 0 Å². The molecule has 0 radical (unpaired) electrons. The summed E-state index contributed by atoms with van der Waals surface area (Å²) in [6.45, 7) is 1.98. The topological polar surface area (TPSA) is 20.3 Å². The lowest BCUT2D eigenvalue weighted by Gasteiger charge is -2.19. The van der Waals surface area contributed by atoms with E-state index in [-0.39, 0.29) is 5.91 Å². The average Bonchev–Trinajstić information content (AvgIpc) is 2.36. The second-order valence-corrected chi connectivity index (χ2v) is 5.66. The number of hydrogen-bond acceptors (Lipinski definition) is 1. The molecular formula is C15H13BrClNO. The Morgan fingerprint density at radius 1 is 1.21 bits per heavy atom. The van der Waals surface area contributed by atoms with Crippen LogP contribution in [0.25, 0.3) is 0 Å². The molecule has 0 aliphatic carbocycles. The first-order chi connectivity index (χ1) is 8.99. The Balaban J connectivity index is 2.36. The van der Waals surface area contributed by atoms with Crippen LogP contribution in [0.4, 0.5) is 5.69 Å². The molecule has 0 unspecified atom stereocenters. The van der Waals surface area contributed by atoms with E-state index in [1.165, 1.54) is 0 Å². The molecule has 0 saturated heterocycles.